The van der Waals surface area contributed by atoms with Gasteiger partial charge in [0.25, 0.3) is 5.56 Å². The van der Waals surface area contributed by atoms with Gasteiger partial charge in [0.1, 0.15) is 0 Å². The van der Waals surface area contributed by atoms with Gasteiger partial charge in [-0.2, -0.15) is 0 Å². The first-order valence-electron chi connectivity index (χ1n) is 2.93. The molecule has 56 valence electrons. The minimum atomic E-state index is -0.149. The molecule has 5 nitrogen and oxygen atoms in total. The summed E-state index contributed by atoms with van der Waals surface area (Å²) in [6, 6.07) is 0. The second-order valence-electron chi connectivity index (χ2n) is 2.09. The molecule has 2 aromatic heterocycles. The van der Waals surface area contributed by atoms with Gasteiger partial charge in [-0.05, 0) is 0 Å². The van der Waals surface area contributed by atoms with Crippen LogP contribution in [-0.4, -0.2) is 19.1 Å². The Balaban J connectivity index is 3.05. The Morgan fingerprint density at radius 3 is 3.27 bits per heavy atom. The lowest BCUT2D eigenvalue weighted by Crippen LogP contribution is -2.16. The van der Waals surface area contributed by atoms with Gasteiger partial charge < -0.3 is 4.57 Å². The summed E-state index contributed by atoms with van der Waals surface area (Å²) in [6.45, 7) is 0. The second kappa shape index (κ2) is 2.09. The van der Waals surface area contributed by atoms with E-state index in [4.69, 9.17) is 0 Å². The van der Waals surface area contributed by atoms with Crippen molar-refractivity contribution in [3.8, 4) is 0 Å². The summed E-state index contributed by atoms with van der Waals surface area (Å²) in [6.07, 6.45) is 1.46. The Labute approximate surface area is 65.5 Å². The highest BCUT2D eigenvalue weighted by atomic mass is 32.1. The van der Waals surface area contributed by atoms with Crippen LogP contribution >= 0.6 is 11.5 Å². The van der Waals surface area contributed by atoms with E-state index >= 15 is 0 Å². The predicted octanol–water partition coefficient (Wildman–Crippen LogP) is -0.215. The van der Waals surface area contributed by atoms with Crippen LogP contribution in [-0.2, 0) is 7.05 Å². The number of aryl methyl sites for hydroxylation is 1. The number of rotatable bonds is 0. The van der Waals surface area contributed by atoms with Gasteiger partial charge in [-0.3, -0.25) is 4.79 Å². The van der Waals surface area contributed by atoms with Crippen molar-refractivity contribution in [1.29, 1.82) is 0 Å². The van der Waals surface area contributed by atoms with Crippen LogP contribution < -0.4 is 5.56 Å². The van der Waals surface area contributed by atoms with Gasteiger partial charge in [0.15, 0.2) is 10.3 Å². The zero-order chi connectivity index (χ0) is 7.84. The van der Waals surface area contributed by atoms with Gasteiger partial charge in [0, 0.05) is 18.6 Å². The molecule has 2 heterocycles. The number of aromatic nitrogens is 4. The molecule has 0 fully saturated rings. The molecule has 2 rings (SSSR count). The van der Waals surface area contributed by atoms with E-state index in [0.29, 0.717) is 10.3 Å². The van der Waals surface area contributed by atoms with Crippen molar-refractivity contribution in [1.82, 2.24) is 19.1 Å². The minimum absolute atomic E-state index is 0.149. The highest BCUT2D eigenvalue weighted by molar-refractivity contribution is 7.12. The van der Waals surface area contributed by atoms with Crippen LogP contribution in [0.5, 0.6) is 0 Å². The Morgan fingerprint density at radius 1 is 1.64 bits per heavy atom. The van der Waals surface area contributed by atoms with E-state index in [0.717, 1.165) is 11.5 Å². The van der Waals surface area contributed by atoms with Crippen LogP contribution in [0.25, 0.3) is 10.3 Å². The molecule has 11 heavy (non-hydrogen) atoms. The van der Waals surface area contributed by atoms with Crippen LogP contribution in [0.15, 0.2) is 11.1 Å². The number of fused-ring (bicyclic) bond motifs is 1. The molecule has 0 unspecified atom stereocenters. The Kier molecular flexibility index (Phi) is 1.22. The van der Waals surface area contributed by atoms with E-state index in [2.05, 4.69) is 14.6 Å². The summed E-state index contributed by atoms with van der Waals surface area (Å²) in [4.78, 5) is 15.8. The van der Waals surface area contributed by atoms with Gasteiger partial charge in [-0.1, -0.05) is 4.49 Å². The molecule has 0 spiro atoms. The van der Waals surface area contributed by atoms with E-state index in [-0.39, 0.29) is 5.56 Å². The molecule has 0 aliphatic heterocycles. The lowest BCUT2D eigenvalue weighted by atomic mass is 10.6. The van der Waals surface area contributed by atoms with Gasteiger partial charge in [0.2, 0.25) is 0 Å². The molecule has 0 atom stereocenters. The first-order valence-corrected chi connectivity index (χ1v) is 3.70. The van der Waals surface area contributed by atoms with Crippen molar-refractivity contribution < 1.29 is 0 Å². The molecule has 0 bridgehead atoms. The maximum absolute atomic E-state index is 11.2. The first kappa shape index (κ1) is 6.41. The summed E-state index contributed by atoms with van der Waals surface area (Å²) in [5, 5.41) is 3.65. The van der Waals surface area contributed by atoms with Gasteiger partial charge in [0.05, 0.1) is 6.33 Å². The van der Waals surface area contributed by atoms with Gasteiger partial charge in [-0.25, -0.2) is 4.98 Å². The summed E-state index contributed by atoms with van der Waals surface area (Å²) in [5.74, 6) is 0. The molecular formula is C5H4N4OS. The highest BCUT2D eigenvalue weighted by Crippen LogP contribution is 2.04. The molecule has 0 aliphatic carbocycles. The van der Waals surface area contributed by atoms with Crippen LogP contribution in [0.1, 0.15) is 0 Å². The summed E-state index contributed by atoms with van der Waals surface area (Å²) >= 11 is 1.12. The van der Waals surface area contributed by atoms with E-state index < -0.39 is 0 Å². The lowest BCUT2D eigenvalue weighted by Gasteiger charge is -1.91. The molecule has 0 N–H and O–H groups in total. The largest absolute Gasteiger partial charge is 0.300 e. The zero-order valence-corrected chi connectivity index (χ0v) is 6.50. The van der Waals surface area contributed by atoms with Crippen LogP contribution in [0, 0.1) is 0 Å². The van der Waals surface area contributed by atoms with Gasteiger partial charge in [-0.15, -0.1) is 5.10 Å². The van der Waals surface area contributed by atoms with Crippen molar-refractivity contribution in [2.24, 2.45) is 7.05 Å². The molecule has 6 heteroatoms. The van der Waals surface area contributed by atoms with Crippen molar-refractivity contribution >= 4 is 21.9 Å². The highest BCUT2D eigenvalue weighted by Gasteiger charge is 2.03. The SMILES string of the molecule is Cn1cnc2snnc2c1=O. The Bertz CT molecular complexity index is 445. The maximum Gasteiger partial charge on any atom is 0.282 e. The van der Waals surface area contributed by atoms with Gasteiger partial charge >= 0.3 is 0 Å². The quantitative estimate of drug-likeness (QED) is 0.546. The van der Waals surface area contributed by atoms with Crippen molar-refractivity contribution in [2.45, 2.75) is 0 Å². The Hall–Kier alpha value is -1.30. The monoisotopic (exact) mass is 168 g/mol. The zero-order valence-electron chi connectivity index (χ0n) is 5.68. The van der Waals surface area contributed by atoms with E-state index in [1.54, 1.807) is 7.05 Å². The fourth-order valence-electron chi connectivity index (χ4n) is 0.763. The topological polar surface area (TPSA) is 60.7 Å². The van der Waals surface area contributed by atoms with E-state index in [1.165, 1.54) is 10.9 Å². The minimum Gasteiger partial charge on any atom is -0.300 e. The predicted molar refractivity (Wildman–Crippen MR) is 40.5 cm³/mol. The standard InChI is InChI=1S/C5H4N4OS/c1-9-2-6-4-3(5(9)10)7-8-11-4/h2H,1H3. The number of nitrogens with zero attached hydrogens (tertiary/aromatic N) is 4. The molecule has 0 aliphatic rings. The number of hydrogen-bond donors (Lipinski definition) is 0. The molecule has 2 aromatic rings. The third-order valence-electron chi connectivity index (χ3n) is 1.34. The lowest BCUT2D eigenvalue weighted by molar-refractivity contribution is 0.839. The molecule has 0 saturated carbocycles. The molecular weight excluding hydrogens is 164 g/mol. The smallest absolute Gasteiger partial charge is 0.282 e. The number of hydrogen-bond acceptors (Lipinski definition) is 5. The summed E-state index contributed by atoms with van der Waals surface area (Å²) in [7, 11) is 1.63. The van der Waals surface area contributed by atoms with Crippen molar-refractivity contribution in [3.05, 3.63) is 16.7 Å². The summed E-state index contributed by atoms with van der Waals surface area (Å²) < 4.78 is 5.00. The third kappa shape index (κ3) is 0.829. The fraction of sp³-hybridized carbons (Fsp3) is 0.200. The average Bonchev–Trinajstić information content (AvgIpc) is 2.45. The van der Waals surface area contributed by atoms with Crippen LogP contribution in [0.4, 0.5) is 0 Å². The Morgan fingerprint density at radius 2 is 2.45 bits per heavy atom. The molecule has 0 aromatic carbocycles. The van der Waals surface area contributed by atoms with E-state index in [9.17, 15) is 4.79 Å². The van der Waals surface area contributed by atoms with Crippen LogP contribution in [0.2, 0.25) is 0 Å². The molecule has 0 saturated heterocycles. The summed E-state index contributed by atoms with van der Waals surface area (Å²) in [5.41, 5.74) is 0.198. The van der Waals surface area contributed by atoms with E-state index in [1.807, 2.05) is 0 Å². The molecule has 0 amide bonds. The molecule has 0 radical (unpaired) electrons. The van der Waals surface area contributed by atoms with Crippen molar-refractivity contribution in [2.75, 3.05) is 0 Å². The van der Waals surface area contributed by atoms with Crippen molar-refractivity contribution in [3.63, 3.8) is 0 Å². The maximum atomic E-state index is 11.2. The average molecular weight is 168 g/mol. The first-order chi connectivity index (χ1) is 5.29. The fourth-order valence-corrected chi connectivity index (χ4v) is 1.27. The van der Waals surface area contributed by atoms with Crippen LogP contribution in [0.3, 0.4) is 0 Å². The third-order valence-corrected chi connectivity index (χ3v) is 1.98. The second-order valence-corrected chi connectivity index (χ2v) is 2.82. The normalized spacial score (nSPS) is 10.6.